The average molecular weight is 774 g/mol. The monoisotopic (exact) mass is 773 g/mol. The number of nitrogens with two attached hydrogens (primary N) is 1. The number of carbonyl (C=O) groups is 7. The van der Waals surface area contributed by atoms with Crippen LogP contribution in [0.15, 0.2) is 30.3 Å². The minimum absolute atomic E-state index is 0.0230. The van der Waals surface area contributed by atoms with Gasteiger partial charge in [0.2, 0.25) is 35.4 Å². The molecular formula is C39H63N7O9. The molecule has 0 saturated carbocycles. The van der Waals surface area contributed by atoms with Gasteiger partial charge in [0.25, 0.3) is 0 Å². The number of carbonyl (C=O) groups excluding carboxylic acids is 7. The molecule has 16 heteroatoms. The molecule has 2 rings (SSSR count). The summed E-state index contributed by atoms with van der Waals surface area (Å²) in [6.45, 7) is 12.7. The number of benzene rings is 1. The number of nitrogens with one attached hydrogen (secondary N) is 5. The highest BCUT2D eigenvalue weighted by Gasteiger charge is 2.38. The van der Waals surface area contributed by atoms with E-state index < -0.39 is 90.2 Å². The van der Waals surface area contributed by atoms with Crippen LogP contribution < -0.4 is 32.3 Å². The Hall–Kier alpha value is -4.57. The number of likely N-dealkylation sites (tertiary alicyclic amines) is 1. The molecule has 6 amide bonds. The van der Waals surface area contributed by atoms with E-state index in [1.807, 2.05) is 58.0 Å². The first-order valence-corrected chi connectivity index (χ1v) is 19.2. The summed E-state index contributed by atoms with van der Waals surface area (Å²) in [6.07, 6.45) is 0.360. The largest absolute Gasteiger partial charge is 0.467 e. The zero-order chi connectivity index (χ0) is 41.4. The van der Waals surface area contributed by atoms with E-state index in [9.17, 15) is 38.7 Å². The van der Waals surface area contributed by atoms with Crippen LogP contribution in [0.4, 0.5) is 0 Å². The van der Waals surface area contributed by atoms with Crippen molar-refractivity contribution in [3.63, 3.8) is 0 Å². The van der Waals surface area contributed by atoms with Gasteiger partial charge < -0.3 is 42.2 Å². The molecule has 1 heterocycles. The first kappa shape index (κ1) is 46.6. The molecule has 0 spiro atoms. The normalized spacial score (nSPS) is 18.2. The molecule has 16 nitrogen and oxygen atoms in total. The van der Waals surface area contributed by atoms with E-state index in [4.69, 9.17) is 10.5 Å². The fourth-order valence-electron chi connectivity index (χ4n) is 6.59. The van der Waals surface area contributed by atoms with Gasteiger partial charge in [-0.2, -0.15) is 0 Å². The summed E-state index contributed by atoms with van der Waals surface area (Å²) in [4.78, 5) is 92.4. The fourth-order valence-corrected chi connectivity index (χ4v) is 6.59. The molecule has 0 aromatic heterocycles. The number of hydrogen-bond acceptors (Lipinski definition) is 10. The van der Waals surface area contributed by atoms with Gasteiger partial charge in [-0.15, -0.1) is 0 Å². The number of methoxy groups -OCH3 is 1. The number of nitrogens with zero attached hydrogens (tertiary/aromatic N) is 1. The number of aliphatic hydroxyl groups excluding tert-OH is 1. The molecule has 1 aromatic rings. The lowest BCUT2D eigenvalue weighted by atomic mass is 9.96. The zero-order valence-electron chi connectivity index (χ0n) is 33.6. The molecule has 1 fully saturated rings. The predicted octanol–water partition coefficient (Wildman–Crippen LogP) is 0.295. The molecule has 0 unspecified atom stereocenters. The van der Waals surface area contributed by atoms with Gasteiger partial charge in [0.1, 0.15) is 24.2 Å². The summed E-state index contributed by atoms with van der Waals surface area (Å²) in [7, 11) is 1.24. The van der Waals surface area contributed by atoms with Crippen molar-refractivity contribution >= 4 is 41.4 Å². The highest BCUT2D eigenvalue weighted by Crippen LogP contribution is 2.21. The number of primary amides is 1. The van der Waals surface area contributed by atoms with E-state index in [0.29, 0.717) is 25.8 Å². The zero-order valence-corrected chi connectivity index (χ0v) is 33.6. The van der Waals surface area contributed by atoms with Gasteiger partial charge in [0.05, 0.1) is 31.7 Å². The van der Waals surface area contributed by atoms with Gasteiger partial charge in [0, 0.05) is 13.5 Å². The highest BCUT2D eigenvalue weighted by atomic mass is 16.5. The fraction of sp³-hybridized carbons (Fsp3) is 0.667. The van der Waals surface area contributed by atoms with Gasteiger partial charge >= 0.3 is 5.97 Å². The molecule has 0 radical (unpaired) electrons. The second-order valence-electron chi connectivity index (χ2n) is 15.3. The molecular weight excluding hydrogens is 710 g/mol. The Labute approximate surface area is 324 Å². The maximum atomic E-state index is 13.8. The number of amides is 6. The second-order valence-corrected chi connectivity index (χ2v) is 15.3. The standard InChI is InChI=1S/C39H63N7O9/c1-9-24(6)34(38(53)44-33(23(4)5)39(54)55-8)45-37(52)30-16-13-17-46(30)21-31(48)27(19-26-14-11-10-12-15-26)42-36(51)29(20-32(40)49)43-35(50)28(18-22(2)3)41-25(7)47/h10-12,14-15,22-24,27-31,33-34,48H,9,13,16-21H2,1-8H3,(H2,40,49)(H,41,47)(H,42,51)(H,43,50)(H,44,53)(H,45,52)/t24-,27-,28-,29-,30-,31-,33-,34-/m0/s1. The SMILES string of the molecule is CC[C@H](C)[C@H](NC(=O)[C@@H]1CCCN1C[C@H](O)[C@H](Cc1ccccc1)NC(=O)[C@H](CC(N)=O)NC(=O)[C@H](CC(C)C)NC(C)=O)C(=O)N[C@H](C(=O)OC)C(C)C. The predicted molar refractivity (Wildman–Crippen MR) is 206 cm³/mol. The third kappa shape index (κ3) is 15.2. The summed E-state index contributed by atoms with van der Waals surface area (Å²) >= 11 is 0. The Morgan fingerprint density at radius 1 is 0.873 bits per heavy atom. The lowest BCUT2D eigenvalue weighted by molar-refractivity contribution is -0.147. The van der Waals surface area contributed by atoms with E-state index in [1.54, 1.807) is 18.7 Å². The van der Waals surface area contributed by atoms with Crippen LogP contribution in [-0.4, -0.2) is 114 Å². The van der Waals surface area contributed by atoms with Gasteiger partial charge in [-0.1, -0.05) is 78.3 Å². The van der Waals surface area contributed by atoms with Crippen molar-refractivity contribution < 1.29 is 43.4 Å². The van der Waals surface area contributed by atoms with E-state index in [-0.39, 0.29) is 37.1 Å². The van der Waals surface area contributed by atoms with Crippen LogP contribution in [0.1, 0.15) is 86.1 Å². The second kappa shape index (κ2) is 22.7. The Bertz CT molecular complexity index is 1460. The van der Waals surface area contributed by atoms with E-state index in [1.165, 1.54) is 14.0 Å². The maximum Gasteiger partial charge on any atom is 0.328 e. The van der Waals surface area contributed by atoms with Crippen LogP contribution in [0.2, 0.25) is 0 Å². The Morgan fingerprint density at radius 2 is 1.51 bits per heavy atom. The molecule has 8 atom stereocenters. The quantitative estimate of drug-likeness (QED) is 0.0796. The number of hydrogen-bond donors (Lipinski definition) is 7. The lowest BCUT2D eigenvalue weighted by Gasteiger charge is -2.33. The van der Waals surface area contributed by atoms with Gasteiger partial charge in [-0.05, 0) is 55.5 Å². The van der Waals surface area contributed by atoms with Crippen molar-refractivity contribution in [3.05, 3.63) is 35.9 Å². The first-order valence-electron chi connectivity index (χ1n) is 19.2. The molecule has 1 aromatic carbocycles. The molecule has 0 bridgehead atoms. The number of β-amino-alcohol motifs (C(OH)–C–C–N with tert-alkyl or cyclic N) is 1. The first-order chi connectivity index (χ1) is 25.9. The number of esters is 1. The summed E-state index contributed by atoms with van der Waals surface area (Å²) in [5.74, 6) is -4.71. The third-order valence-corrected chi connectivity index (χ3v) is 9.83. The smallest absolute Gasteiger partial charge is 0.328 e. The third-order valence-electron chi connectivity index (χ3n) is 9.83. The van der Waals surface area contributed by atoms with Crippen molar-refractivity contribution in [2.75, 3.05) is 20.2 Å². The summed E-state index contributed by atoms with van der Waals surface area (Å²) < 4.78 is 4.87. The molecule has 308 valence electrons. The van der Waals surface area contributed by atoms with Crippen molar-refractivity contribution in [2.24, 2.45) is 23.5 Å². The molecule has 1 aliphatic rings. The summed E-state index contributed by atoms with van der Waals surface area (Å²) in [6, 6.07) is 3.28. The number of rotatable bonds is 22. The molecule has 1 saturated heterocycles. The Morgan fingerprint density at radius 3 is 2.05 bits per heavy atom. The minimum atomic E-state index is -1.40. The van der Waals surface area contributed by atoms with Crippen molar-refractivity contribution in [1.82, 2.24) is 31.5 Å². The van der Waals surface area contributed by atoms with Crippen molar-refractivity contribution in [1.29, 1.82) is 0 Å². The Balaban J connectivity index is 2.30. The molecule has 1 aliphatic heterocycles. The van der Waals surface area contributed by atoms with Crippen LogP contribution in [0.5, 0.6) is 0 Å². The lowest BCUT2D eigenvalue weighted by Crippen LogP contribution is -2.59. The van der Waals surface area contributed by atoms with Crippen LogP contribution in [-0.2, 0) is 44.7 Å². The topological polar surface area (TPSA) is 238 Å². The highest BCUT2D eigenvalue weighted by molar-refractivity contribution is 5.94. The van der Waals surface area contributed by atoms with Crippen molar-refractivity contribution in [3.8, 4) is 0 Å². The number of ether oxygens (including phenoxy) is 1. The van der Waals surface area contributed by atoms with E-state index >= 15 is 0 Å². The van der Waals surface area contributed by atoms with Gasteiger partial charge in [-0.3, -0.25) is 33.7 Å². The van der Waals surface area contributed by atoms with E-state index in [0.717, 1.165) is 5.56 Å². The van der Waals surface area contributed by atoms with Crippen molar-refractivity contribution in [2.45, 2.75) is 129 Å². The van der Waals surface area contributed by atoms with Crippen LogP contribution in [0.3, 0.4) is 0 Å². The number of aliphatic hydroxyl groups is 1. The van der Waals surface area contributed by atoms with Crippen LogP contribution in [0.25, 0.3) is 0 Å². The minimum Gasteiger partial charge on any atom is -0.467 e. The summed E-state index contributed by atoms with van der Waals surface area (Å²) in [5, 5.41) is 25.3. The maximum absolute atomic E-state index is 13.8. The Kier molecular flexibility index (Phi) is 19.2. The van der Waals surface area contributed by atoms with Crippen LogP contribution in [0, 0.1) is 17.8 Å². The van der Waals surface area contributed by atoms with Gasteiger partial charge in [-0.25, -0.2) is 4.79 Å². The molecule has 0 aliphatic carbocycles. The summed E-state index contributed by atoms with van der Waals surface area (Å²) in [5.41, 5.74) is 6.26. The van der Waals surface area contributed by atoms with Crippen LogP contribution >= 0.6 is 0 Å². The molecule has 55 heavy (non-hydrogen) atoms. The van der Waals surface area contributed by atoms with Gasteiger partial charge in [0.15, 0.2) is 0 Å². The average Bonchev–Trinajstić information content (AvgIpc) is 3.58. The molecule has 8 N–H and O–H groups in total. The van der Waals surface area contributed by atoms with E-state index in [2.05, 4.69) is 26.6 Å².